The van der Waals surface area contributed by atoms with E-state index in [9.17, 15) is 8.42 Å². The van der Waals surface area contributed by atoms with Crippen molar-refractivity contribution in [1.29, 1.82) is 0 Å². The van der Waals surface area contributed by atoms with Gasteiger partial charge in [0.15, 0.2) is 0 Å². The molecule has 1 aliphatic carbocycles. The summed E-state index contributed by atoms with van der Waals surface area (Å²) in [6.45, 7) is 4.52. The predicted molar refractivity (Wildman–Crippen MR) is 67.8 cm³/mol. The molecule has 1 saturated carbocycles. The highest BCUT2D eigenvalue weighted by Gasteiger charge is 2.31. The lowest BCUT2D eigenvalue weighted by Crippen LogP contribution is -2.53. The Bertz CT molecular complexity index is 302. The summed E-state index contributed by atoms with van der Waals surface area (Å²) >= 11 is 0. The van der Waals surface area contributed by atoms with Crippen LogP contribution in [-0.4, -0.2) is 38.4 Å². The summed E-state index contributed by atoms with van der Waals surface area (Å²) in [5, 5.41) is 0. The normalized spacial score (nSPS) is 25.4. The van der Waals surface area contributed by atoms with E-state index in [0.29, 0.717) is 12.5 Å². The van der Waals surface area contributed by atoms with Gasteiger partial charge < -0.3 is 5.73 Å². The van der Waals surface area contributed by atoms with Gasteiger partial charge in [0.25, 0.3) is 10.2 Å². The molecule has 7 heteroatoms. The SMILES string of the molecule is CC(C)CN(C)S(=O)(=O)NC1CC(N)C1.Cl. The molecule has 0 unspecified atom stereocenters. The van der Waals surface area contributed by atoms with Crippen LogP contribution < -0.4 is 10.5 Å². The molecule has 1 fully saturated rings. The minimum Gasteiger partial charge on any atom is -0.328 e. The van der Waals surface area contributed by atoms with Crippen LogP contribution in [0.15, 0.2) is 0 Å². The smallest absolute Gasteiger partial charge is 0.279 e. The van der Waals surface area contributed by atoms with Crippen LogP contribution in [0.25, 0.3) is 0 Å². The van der Waals surface area contributed by atoms with Gasteiger partial charge in [0.05, 0.1) is 0 Å². The Morgan fingerprint density at radius 1 is 1.44 bits per heavy atom. The van der Waals surface area contributed by atoms with Gasteiger partial charge in [-0.3, -0.25) is 0 Å². The fourth-order valence-electron chi connectivity index (χ4n) is 1.67. The lowest BCUT2D eigenvalue weighted by atomic mass is 9.89. The molecule has 0 aliphatic heterocycles. The molecular weight excluding hydrogens is 250 g/mol. The predicted octanol–water partition coefficient (Wildman–Crippen LogP) is 0.320. The molecule has 3 N–H and O–H groups in total. The Labute approximate surface area is 104 Å². The molecule has 0 radical (unpaired) electrons. The Kier molecular flexibility index (Phi) is 6.21. The number of nitrogens with two attached hydrogens (primary N) is 1. The summed E-state index contributed by atoms with van der Waals surface area (Å²) in [6, 6.07) is 0.188. The molecule has 16 heavy (non-hydrogen) atoms. The van der Waals surface area contributed by atoms with Crippen LogP contribution in [0.3, 0.4) is 0 Å². The van der Waals surface area contributed by atoms with Crippen LogP contribution in [0, 0.1) is 5.92 Å². The molecular formula is C9H22ClN3O2S. The average Bonchev–Trinajstić information content (AvgIpc) is 1.99. The first-order chi connectivity index (χ1) is 6.81. The van der Waals surface area contributed by atoms with Crippen molar-refractivity contribution < 1.29 is 8.42 Å². The maximum Gasteiger partial charge on any atom is 0.279 e. The van der Waals surface area contributed by atoms with Crippen molar-refractivity contribution in [2.75, 3.05) is 13.6 Å². The quantitative estimate of drug-likeness (QED) is 0.756. The van der Waals surface area contributed by atoms with Crippen molar-refractivity contribution in [3.8, 4) is 0 Å². The third-order valence-corrected chi connectivity index (χ3v) is 4.12. The third-order valence-electron chi connectivity index (χ3n) is 2.52. The van der Waals surface area contributed by atoms with Crippen LogP contribution in [0.4, 0.5) is 0 Å². The molecule has 5 nitrogen and oxygen atoms in total. The van der Waals surface area contributed by atoms with E-state index >= 15 is 0 Å². The van der Waals surface area contributed by atoms with E-state index in [1.807, 2.05) is 13.8 Å². The molecule has 1 rings (SSSR count). The first-order valence-corrected chi connectivity index (χ1v) is 6.74. The maximum atomic E-state index is 11.7. The van der Waals surface area contributed by atoms with E-state index < -0.39 is 10.2 Å². The van der Waals surface area contributed by atoms with Gasteiger partial charge in [-0.15, -0.1) is 12.4 Å². The highest BCUT2D eigenvalue weighted by atomic mass is 35.5. The fraction of sp³-hybridized carbons (Fsp3) is 1.00. The van der Waals surface area contributed by atoms with Crippen molar-refractivity contribution in [3.63, 3.8) is 0 Å². The number of halogens is 1. The van der Waals surface area contributed by atoms with Crippen molar-refractivity contribution >= 4 is 22.6 Å². The zero-order valence-corrected chi connectivity index (χ0v) is 11.6. The first kappa shape index (κ1) is 16.1. The zero-order chi connectivity index (χ0) is 11.6. The summed E-state index contributed by atoms with van der Waals surface area (Å²) in [7, 11) is -1.71. The minimum atomic E-state index is -3.31. The van der Waals surface area contributed by atoms with Gasteiger partial charge in [-0.05, 0) is 18.8 Å². The minimum absolute atomic E-state index is 0. The number of rotatable bonds is 5. The van der Waals surface area contributed by atoms with Crippen molar-refractivity contribution in [2.45, 2.75) is 38.8 Å². The maximum absolute atomic E-state index is 11.7. The molecule has 0 spiro atoms. The van der Waals surface area contributed by atoms with E-state index in [4.69, 9.17) is 5.73 Å². The van der Waals surface area contributed by atoms with Gasteiger partial charge in [-0.1, -0.05) is 13.8 Å². The van der Waals surface area contributed by atoms with E-state index in [-0.39, 0.29) is 24.5 Å². The number of hydrogen-bond acceptors (Lipinski definition) is 3. The van der Waals surface area contributed by atoms with Crippen molar-refractivity contribution in [1.82, 2.24) is 9.03 Å². The molecule has 0 saturated heterocycles. The number of hydrogen-bond donors (Lipinski definition) is 2. The van der Waals surface area contributed by atoms with Crippen LogP contribution in [0.5, 0.6) is 0 Å². The van der Waals surface area contributed by atoms with Gasteiger partial charge in [0.1, 0.15) is 0 Å². The molecule has 0 heterocycles. The fourth-order valence-corrected chi connectivity index (χ4v) is 2.96. The van der Waals surface area contributed by atoms with E-state index in [1.54, 1.807) is 7.05 Å². The van der Waals surface area contributed by atoms with E-state index in [1.165, 1.54) is 4.31 Å². The Morgan fingerprint density at radius 3 is 2.31 bits per heavy atom. The summed E-state index contributed by atoms with van der Waals surface area (Å²) in [4.78, 5) is 0. The Morgan fingerprint density at radius 2 is 1.94 bits per heavy atom. The van der Waals surface area contributed by atoms with E-state index in [0.717, 1.165) is 12.8 Å². The second kappa shape index (κ2) is 6.16. The van der Waals surface area contributed by atoms with Gasteiger partial charge >= 0.3 is 0 Å². The van der Waals surface area contributed by atoms with E-state index in [2.05, 4.69) is 4.72 Å². The average molecular weight is 272 g/mol. The second-order valence-electron chi connectivity index (χ2n) is 4.73. The second-order valence-corrected chi connectivity index (χ2v) is 6.53. The first-order valence-electron chi connectivity index (χ1n) is 5.30. The molecule has 0 aromatic carbocycles. The van der Waals surface area contributed by atoms with Crippen LogP contribution in [0.2, 0.25) is 0 Å². The molecule has 1 aliphatic rings. The summed E-state index contributed by atoms with van der Waals surface area (Å²) in [6.07, 6.45) is 1.49. The lowest BCUT2D eigenvalue weighted by molar-refractivity contribution is 0.315. The summed E-state index contributed by atoms with van der Waals surface area (Å²) in [5.41, 5.74) is 5.60. The number of nitrogens with one attached hydrogen (secondary N) is 1. The molecule has 0 bridgehead atoms. The largest absolute Gasteiger partial charge is 0.328 e. The monoisotopic (exact) mass is 271 g/mol. The van der Waals surface area contributed by atoms with Gasteiger partial charge in [0, 0.05) is 25.7 Å². The summed E-state index contributed by atoms with van der Waals surface area (Å²) < 4.78 is 27.5. The Balaban J connectivity index is 0.00000225. The van der Waals surface area contributed by atoms with Crippen molar-refractivity contribution in [3.05, 3.63) is 0 Å². The standard InChI is InChI=1S/C9H21N3O2S.ClH/c1-7(2)6-12(3)15(13,14)11-9-4-8(10)5-9;/h7-9,11H,4-6,10H2,1-3H3;1H. The topological polar surface area (TPSA) is 75.4 Å². The van der Waals surface area contributed by atoms with Crippen LogP contribution in [0.1, 0.15) is 26.7 Å². The molecule has 0 aromatic rings. The number of nitrogens with zero attached hydrogens (tertiary/aromatic N) is 1. The third kappa shape index (κ3) is 4.55. The Hall–Kier alpha value is 0.120. The van der Waals surface area contributed by atoms with Crippen LogP contribution in [-0.2, 0) is 10.2 Å². The molecule has 0 atom stereocenters. The molecule has 98 valence electrons. The highest BCUT2D eigenvalue weighted by molar-refractivity contribution is 7.87. The van der Waals surface area contributed by atoms with Gasteiger partial charge in [-0.2, -0.15) is 17.4 Å². The summed E-state index contributed by atoms with van der Waals surface area (Å²) in [5.74, 6) is 0.329. The van der Waals surface area contributed by atoms with Gasteiger partial charge in [-0.25, -0.2) is 0 Å². The molecule has 0 amide bonds. The zero-order valence-electron chi connectivity index (χ0n) is 10.0. The molecule has 0 aromatic heterocycles. The van der Waals surface area contributed by atoms with Gasteiger partial charge in [0.2, 0.25) is 0 Å². The van der Waals surface area contributed by atoms with Crippen LogP contribution >= 0.6 is 12.4 Å². The van der Waals surface area contributed by atoms with Crippen molar-refractivity contribution in [2.24, 2.45) is 11.7 Å². The lowest BCUT2D eigenvalue weighted by Gasteiger charge is -2.34. The highest BCUT2D eigenvalue weighted by Crippen LogP contribution is 2.18.